The SMILES string of the molecule is CCCCNC[C@H]1O[C@@H](n2ccc(C)nc2=O)C(F)(F)[C@@H]1O.CCCNC[C@H]1O[C@@H](n2ccc(C)nc2=O)C(F)(F)[C@@H]1O.COCC(C)NC[C@H]1O[C@@H](n2ccc(C)nc2=O)C(F)(F)[C@@H]1O.COCCNC[C@H]1O[C@@H](n2ccc(C)nc2=O)C(F)(F)[C@@H]1O.Cc1ccn([C@@H]2O[C@H](CNCC3CCCO3)[C@@H](O)C2(F)F)c(=O)n1.Cc1ccn([C@@H]2O[C@H](CNCCO)[C@@H](O)C2(F)F)c(=O)n1. The molecule has 13 N–H and O–H groups in total. The van der Waals surface area contributed by atoms with Crippen molar-refractivity contribution in [1.29, 1.82) is 0 Å². The molecule has 13 rings (SSSR count). The molecule has 0 saturated carbocycles. The molecule has 6 aromatic rings. The first-order valence-electron chi connectivity index (χ1n) is 42.8. The molecule has 7 saturated heterocycles. The van der Waals surface area contributed by atoms with Crippen LogP contribution in [0.3, 0.4) is 0 Å². The lowest BCUT2D eigenvalue weighted by Crippen LogP contribution is -2.44. The maximum absolute atomic E-state index is 14.3. The van der Waals surface area contributed by atoms with Crippen LogP contribution in [0.2, 0.25) is 0 Å². The van der Waals surface area contributed by atoms with Gasteiger partial charge in [-0.15, -0.1) is 0 Å². The zero-order valence-electron chi connectivity index (χ0n) is 74.8. The molecule has 40 nitrogen and oxygen atoms in total. The number of methoxy groups -OCH3 is 2. The summed E-state index contributed by atoms with van der Waals surface area (Å²) in [6.07, 6.45) is -18.2. The molecule has 0 aliphatic carbocycles. The molecular weight excluding hydrogens is 1800 g/mol. The Morgan fingerprint density at radius 3 is 0.887 bits per heavy atom. The van der Waals surface area contributed by atoms with E-state index in [1.807, 2.05) is 20.8 Å². The number of hydrogen-bond acceptors (Lipinski definition) is 34. The summed E-state index contributed by atoms with van der Waals surface area (Å²) in [6.45, 7) is 19.2. The Kier molecular flexibility index (Phi) is 40.5. The topological polar surface area (TPSA) is 506 Å². The molecule has 133 heavy (non-hydrogen) atoms. The van der Waals surface area contributed by atoms with E-state index in [4.69, 9.17) is 47.7 Å². The van der Waals surface area contributed by atoms with Crippen LogP contribution in [-0.2, 0) is 42.6 Å². The minimum absolute atomic E-state index is 0.00578. The van der Waals surface area contributed by atoms with Crippen LogP contribution >= 0.6 is 0 Å². The van der Waals surface area contributed by atoms with Crippen LogP contribution in [0.1, 0.15) is 124 Å². The third-order valence-corrected chi connectivity index (χ3v) is 21.7. The van der Waals surface area contributed by atoms with E-state index in [9.17, 15) is 112 Å². The number of alkyl halides is 12. The normalized spacial score (nSPS) is 28.5. The Morgan fingerprint density at radius 2 is 0.647 bits per heavy atom. The van der Waals surface area contributed by atoms with Gasteiger partial charge in [-0.25, -0.2) is 28.8 Å². The van der Waals surface area contributed by atoms with Gasteiger partial charge in [-0.1, -0.05) is 20.3 Å². The van der Waals surface area contributed by atoms with E-state index in [0.717, 1.165) is 45.8 Å². The van der Waals surface area contributed by atoms with E-state index < -0.39 is 180 Å². The maximum atomic E-state index is 14.3. The highest BCUT2D eigenvalue weighted by molar-refractivity contribution is 5.09. The second-order valence-corrected chi connectivity index (χ2v) is 32.4. The van der Waals surface area contributed by atoms with Crippen LogP contribution in [0.15, 0.2) is 102 Å². The summed E-state index contributed by atoms with van der Waals surface area (Å²) in [6, 6.07) is 8.50. The van der Waals surface area contributed by atoms with Crippen molar-refractivity contribution in [2.75, 3.05) is 113 Å². The lowest BCUT2D eigenvalue weighted by molar-refractivity contribution is -0.140. The van der Waals surface area contributed by atoms with Crippen LogP contribution in [0.25, 0.3) is 0 Å². The average molecular weight is 1920 g/mol. The number of rotatable bonds is 33. The Hall–Kier alpha value is -8.44. The standard InChI is InChI=1S/C15H21F2N3O4.C14H21F2N3O4.C14H21F2N3O3.C13H19F2N3O4.C13H19F2N3O3.C12H17F2N3O4/c1-9-4-5-20(14(22)19-9)13-15(16,17)12(21)11(24-13)8-18-7-10-3-2-6-23-10;1-8-4-5-19(13(21)18-8)12-14(15,16)11(20)10(23-12)6-17-9(2)7-22-3;1-3-4-6-17-8-10-11(20)14(15,16)12(22-10)19-7-5-9(2)18-13(19)21;1-8-3-5-18(12(20)17-8)11-13(14,15)10(19)9(22-11)7-16-4-6-21-2;1-3-5-16-7-9-10(19)13(14,15)11(21-9)18-6-4-8(2)17-12(18)20;1-7-2-4-17(11(20)16-7)10-12(13,14)9(19)8(21-10)6-15-3-5-18/h4-5,10-13,18,21H,2-3,6-8H2,1H3;4-5,9-12,17,20H,6-7H2,1-3H3;5,7,10-12,17,20H,3-4,6,8H2,1-2H3;3,5,9-11,16,19H,4,6-7H2,1-2H3;4,6,9-11,16,19H,3,5,7H2,1-2H3;2,4,8-10,15,18-19H,3,5-6H2,1H3/t10?,11-,12-,13-;9?,10-,11-,12-;10-,11-,12-;2*9-,10-,11-;8-,9-,10-/m111111/s1. The van der Waals surface area contributed by atoms with E-state index in [1.165, 1.54) is 87.8 Å². The van der Waals surface area contributed by atoms with Crippen molar-refractivity contribution in [3.63, 3.8) is 0 Å². The molecule has 6 aromatic heterocycles. The Balaban J connectivity index is 0.000000197. The fourth-order valence-corrected chi connectivity index (χ4v) is 14.4. The van der Waals surface area contributed by atoms with E-state index in [0.29, 0.717) is 93.9 Å². The Labute approximate surface area is 753 Å². The zero-order valence-corrected chi connectivity index (χ0v) is 74.8. The number of nitrogens with one attached hydrogen (secondary N) is 6. The number of hydrogen-bond donors (Lipinski definition) is 13. The largest absolute Gasteiger partial charge is 0.395 e. The van der Waals surface area contributed by atoms with Gasteiger partial charge in [0.05, 0.1) is 25.9 Å². The van der Waals surface area contributed by atoms with Gasteiger partial charge in [0.15, 0.2) is 0 Å². The molecule has 13 heterocycles. The second-order valence-electron chi connectivity index (χ2n) is 32.4. The highest BCUT2D eigenvalue weighted by Gasteiger charge is 2.65. The van der Waals surface area contributed by atoms with E-state index in [-0.39, 0.29) is 64.6 Å². The summed E-state index contributed by atoms with van der Waals surface area (Å²) >= 11 is 0. The van der Waals surface area contributed by atoms with Gasteiger partial charge in [-0.2, -0.15) is 82.6 Å². The van der Waals surface area contributed by atoms with Crippen LogP contribution < -0.4 is 66.0 Å². The third-order valence-electron chi connectivity index (χ3n) is 21.7. The van der Waals surface area contributed by atoms with Crippen molar-refractivity contribution >= 4 is 0 Å². The van der Waals surface area contributed by atoms with Crippen LogP contribution in [0, 0.1) is 41.5 Å². The molecule has 748 valence electrons. The predicted molar refractivity (Wildman–Crippen MR) is 445 cm³/mol. The van der Waals surface area contributed by atoms with Gasteiger partial charge in [-0.05, 0) is 124 Å². The summed E-state index contributed by atoms with van der Waals surface area (Å²) in [5.74, 6) is -21.5. The minimum atomic E-state index is -3.62. The summed E-state index contributed by atoms with van der Waals surface area (Å²) in [4.78, 5) is 92.2. The first-order chi connectivity index (χ1) is 62.7. The number of aryl methyl sites for hydroxylation is 6. The van der Waals surface area contributed by atoms with Crippen LogP contribution in [0.4, 0.5) is 52.7 Å². The zero-order chi connectivity index (χ0) is 98.4. The number of halogens is 12. The van der Waals surface area contributed by atoms with E-state index >= 15 is 0 Å². The molecule has 7 aliphatic rings. The van der Waals surface area contributed by atoms with Crippen LogP contribution in [0.5, 0.6) is 0 Å². The van der Waals surface area contributed by atoms with Crippen molar-refractivity contribution in [3.8, 4) is 0 Å². The second kappa shape index (κ2) is 49.0. The van der Waals surface area contributed by atoms with Gasteiger partial charge in [-0.3, -0.25) is 27.4 Å². The van der Waals surface area contributed by atoms with E-state index in [1.54, 1.807) is 41.5 Å². The highest BCUT2D eigenvalue weighted by atomic mass is 19.3. The van der Waals surface area contributed by atoms with Crippen molar-refractivity contribution in [2.24, 2.45) is 0 Å². The summed E-state index contributed by atoms with van der Waals surface area (Å²) in [5, 5.41) is 84.7. The molecule has 20 atom stereocenters. The molecule has 2 unspecified atom stereocenters. The number of aliphatic hydroxyl groups is 7. The van der Waals surface area contributed by atoms with Gasteiger partial charge < -0.3 is 110 Å². The Bertz CT molecular complexity index is 4830. The van der Waals surface area contributed by atoms with Gasteiger partial charge >= 0.3 is 69.7 Å². The van der Waals surface area contributed by atoms with E-state index in [2.05, 4.69) is 61.8 Å². The fourth-order valence-electron chi connectivity index (χ4n) is 14.4. The lowest BCUT2D eigenvalue weighted by atomic mass is 10.1. The molecular formula is C81H118F12N18O22. The summed E-state index contributed by atoms with van der Waals surface area (Å²) in [5.41, 5.74) is -2.51. The molecule has 7 aliphatic heterocycles. The fraction of sp³-hybridized carbons (Fsp3) is 0.704. The first kappa shape index (κ1) is 110. The maximum Gasteiger partial charge on any atom is 0.350 e. The van der Waals surface area contributed by atoms with Crippen LogP contribution in [-0.4, -0.2) is 327 Å². The number of unbranched alkanes of at least 4 members (excludes halogenated alkanes) is 1. The quantitative estimate of drug-likeness (QED) is 0.0194. The predicted octanol–water partition coefficient (Wildman–Crippen LogP) is 0.272. The van der Waals surface area contributed by atoms with Crippen molar-refractivity contribution < 1.29 is 131 Å². The molecule has 0 radical (unpaired) electrons. The monoisotopic (exact) mass is 1920 g/mol. The van der Waals surface area contributed by atoms with Crippen molar-refractivity contribution in [2.45, 2.75) is 253 Å². The van der Waals surface area contributed by atoms with Gasteiger partial charge in [0, 0.05) is 157 Å². The Morgan fingerprint density at radius 1 is 0.383 bits per heavy atom. The highest BCUT2D eigenvalue weighted by Crippen LogP contribution is 2.48. The molecule has 0 spiro atoms. The summed E-state index contributed by atoms with van der Waals surface area (Å²) in [7, 11) is 3.05. The third kappa shape index (κ3) is 27.7. The van der Waals surface area contributed by atoms with Gasteiger partial charge in [0.25, 0.3) is 0 Å². The number of aliphatic hydroxyl groups excluding tert-OH is 7. The number of aromatic nitrogens is 12. The average Bonchev–Trinajstić information content (AvgIpc) is 1.66. The molecule has 0 amide bonds. The lowest BCUT2D eigenvalue weighted by Gasteiger charge is -2.21. The molecule has 0 aromatic carbocycles. The van der Waals surface area contributed by atoms with Crippen molar-refractivity contribution in [1.82, 2.24) is 89.2 Å². The van der Waals surface area contributed by atoms with Gasteiger partial charge in [0.2, 0.25) is 37.4 Å². The summed E-state index contributed by atoms with van der Waals surface area (Å²) < 4.78 is 221. The number of ether oxygens (including phenoxy) is 9. The minimum Gasteiger partial charge on any atom is -0.395 e. The van der Waals surface area contributed by atoms with Gasteiger partial charge in [0.1, 0.15) is 73.2 Å². The molecule has 0 bridgehead atoms. The molecule has 52 heteroatoms. The smallest absolute Gasteiger partial charge is 0.350 e. The van der Waals surface area contributed by atoms with Crippen molar-refractivity contribution in [3.05, 3.63) is 171 Å². The number of nitrogens with zero attached hydrogens (tertiary/aromatic N) is 12. The molecule has 7 fully saturated rings. The first-order valence-corrected chi connectivity index (χ1v) is 42.8.